The van der Waals surface area contributed by atoms with Gasteiger partial charge in [-0.25, -0.2) is 9.48 Å². The maximum absolute atomic E-state index is 12.6. The van der Waals surface area contributed by atoms with Crippen molar-refractivity contribution in [2.75, 3.05) is 19.5 Å². The Kier molecular flexibility index (Phi) is 4.57. The zero-order chi connectivity index (χ0) is 19.7. The van der Waals surface area contributed by atoms with Crippen LogP contribution in [-0.2, 0) is 9.53 Å². The summed E-state index contributed by atoms with van der Waals surface area (Å²) in [4.78, 5) is 17.3. The molecule has 2 aromatic carbocycles. The Balaban J connectivity index is 1.92. The first-order valence-corrected chi connectivity index (χ1v) is 8.85. The van der Waals surface area contributed by atoms with Crippen LogP contribution in [0.2, 0.25) is 0 Å². The molecular formula is C21H20N4O3. The van der Waals surface area contributed by atoms with Crippen LogP contribution < -0.4 is 10.1 Å². The van der Waals surface area contributed by atoms with E-state index in [9.17, 15) is 4.79 Å². The summed E-state index contributed by atoms with van der Waals surface area (Å²) in [6.45, 7) is 1.83. The van der Waals surface area contributed by atoms with Crippen LogP contribution in [0.1, 0.15) is 18.5 Å². The van der Waals surface area contributed by atoms with E-state index in [1.807, 2.05) is 61.5 Å². The van der Waals surface area contributed by atoms with E-state index in [-0.39, 0.29) is 0 Å². The Morgan fingerprint density at radius 2 is 1.79 bits per heavy atom. The number of carbonyl (C=O) groups is 1. The average molecular weight is 376 g/mol. The third kappa shape index (κ3) is 2.90. The van der Waals surface area contributed by atoms with Crippen molar-refractivity contribution in [3.05, 3.63) is 71.4 Å². The normalized spacial score (nSPS) is 15.6. The number of nitrogens with one attached hydrogen (secondary N) is 1. The molecule has 0 radical (unpaired) electrons. The summed E-state index contributed by atoms with van der Waals surface area (Å²) in [5.41, 5.74) is 2.82. The molecule has 1 aromatic heterocycles. The van der Waals surface area contributed by atoms with Crippen molar-refractivity contribution in [2.45, 2.75) is 13.0 Å². The van der Waals surface area contributed by atoms with E-state index in [4.69, 9.17) is 14.6 Å². The number of esters is 1. The number of rotatable bonds is 4. The molecule has 0 amide bonds. The summed E-state index contributed by atoms with van der Waals surface area (Å²) in [5, 5.41) is 7.88. The van der Waals surface area contributed by atoms with Gasteiger partial charge in [0.1, 0.15) is 11.8 Å². The summed E-state index contributed by atoms with van der Waals surface area (Å²) in [6, 6.07) is 16.7. The number of anilines is 1. The topological polar surface area (TPSA) is 78.3 Å². The third-order valence-electron chi connectivity index (χ3n) is 4.72. The highest BCUT2D eigenvalue weighted by molar-refractivity contribution is 5.92. The smallest absolute Gasteiger partial charge is 0.338 e. The maximum Gasteiger partial charge on any atom is 0.338 e. The fraction of sp³-hybridized carbons (Fsp3) is 0.190. The fourth-order valence-corrected chi connectivity index (χ4v) is 3.41. The number of nitrogens with zero attached hydrogens (tertiary/aromatic N) is 3. The number of hydrogen-bond donors (Lipinski definition) is 1. The lowest BCUT2D eigenvalue weighted by molar-refractivity contribution is -0.136. The summed E-state index contributed by atoms with van der Waals surface area (Å²) in [7, 11) is 2.97. The molecule has 0 aliphatic carbocycles. The zero-order valence-corrected chi connectivity index (χ0v) is 15.8. The quantitative estimate of drug-likeness (QED) is 0.703. The van der Waals surface area contributed by atoms with Crippen molar-refractivity contribution in [3.8, 4) is 17.1 Å². The van der Waals surface area contributed by atoms with E-state index in [0.29, 0.717) is 28.8 Å². The minimum atomic E-state index is -0.523. The first-order valence-electron chi connectivity index (χ1n) is 8.85. The summed E-state index contributed by atoms with van der Waals surface area (Å²) >= 11 is 0. The van der Waals surface area contributed by atoms with Gasteiger partial charge in [-0.3, -0.25) is 0 Å². The van der Waals surface area contributed by atoms with Crippen LogP contribution in [0.5, 0.6) is 5.75 Å². The minimum Gasteiger partial charge on any atom is -0.496 e. The minimum absolute atomic E-state index is 0.427. The molecule has 0 saturated carbocycles. The van der Waals surface area contributed by atoms with Crippen molar-refractivity contribution >= 4 is 11.9 Å². The van der Waals surface area contributed by atoms with Gasteiger partial charge in [0.05, 0.1) is 19.8 Å². The van der Waals surface area contributed by atoms with E-state index < -0.39 is 12.0 Å². The molecule has 3 aromatic rings. The van der Waals surface area contributed by atoms with Gasteiger partial charge in [-0.1, -0.05) is 48.5 Å². The Bertz CT molecular complexity index is 1060. The molecule has 1 aliphatic heterocycles. The molecule has 1 unspecified atom stereocenters. The van der Waals surface area contributed by atoms with Crippen LogP contribution in [0, 0.1) is 0 Å². The molecule has 0 bridgehead atoms. The van der Waals surface area contributed by atoms with Crippen molar-refractivity contribution in [1.82, 2.24) is 14.8 Å². The van der Waals surface area contributed by atoms with Crippen molar-refractivity contribution in [2.24, 2.45) is 0 Å². The van der Waals surface area contributed by atoms with E-state index in [1.54, 1.807) is 11.8 Å². The monoisotopic (exact) mass is 376 g/mol. The van der Waals surface area contributed by atoms with Crippen LogP contribution in [-0.4, -0.2) is 35.0 Å². The number of aromatic nitrogens is 3. The predicted molar refractivity (Wildman–Crippen MR) is 105 cm³/mol. The molecule has 1 N–H and O–H groups in total. The lowest BCUT2D eigenvalue weighted by atomic mass is 9.95. The first kappa shape index (κ1) is 17.8. The van der Waals surface area contributed by atoms with E-state index >= 15 is 0 Å². The molecule has 0 spiro atoms. The third-order valence-corrected chi connectivity index (χ3v) is 4.72. The van der Waals surface area contributed by atoms with Crippen LogP contribution in [0.15, 0.2) is 65.9 Å². The lowest BCUT2D eigenvalue weighted by Gasteiger charge is -2.28. The lowest BCUT2D eigenvalue weighted by Crippen LogP contribution is -2.29. The Labute approximate surface area is 162 Å². The number of ether oxygens (including phenoxy) is 2. The highest BCUT2D eigenvalue weighted by Crippen LogP contribution is 2.40. The van der Waals surface area contributed by atoms with Gasteiger partial charge in [-0.2, -0.15) is 4.98 Å². The number of carbonyl (C=O) groups excluding carboxylic acids is 1. The molecule has 1 atom stereocenters. The summed E-state index contributed by atoms with van der Waals surface area (Å²) < 4.78 is 12.3. The van der Waals surface area contributed by atoms with Gasteiger partial charge < -0.3 is 14.8 Å². The molecule has 1 aliphatic rings. The van der Waals surface area contributed by atoms with E-state index in [1.165, 1.54) is 7.11 Å². The van der Waals surface area contributed by atoms with Crippen LogP contribution in [0.4, 0.5) is 5.95 Å². The number of hydrogen-bond acceptors (Lipinski definition) is 6. The Hall–Kier alpha value is -3.61. The van der Waals surface area contributed by atoms with Gasteiger partial charge >= 0.3 is 5.97 Å². The van der Waals surface area contributed by atoms with Crippen LogP contribution in [0.3, 0.4) is 0 Å². The molecule has 142 valence electrons. The van der Waals surface area contributed by atoms with E-state index in [2.05, 4.69) is 10.3 Å². The molecule has 7 nitrogen and oxygen atoms in total. The van der Waals surface area contributed by atoms with Gasteiger partial charge in [0.25, 0.3) is 0 Å². The van der Waals surface area contributed by atoms with Crippen molar-refractivity contribution in [3.63, 3.8) is 0 Å². The molecule has 0 fully saturated rings. The Morgan fingerprint density at radius 1 is 1.07 bits per heavy atom. The van der Waals surface area contributed by atoms with E-state index in [0.717, 1.165) is 11.1 Å². The fourth-order valence-electron chi connectivity index (χ4n) is 3.41. The van der Waals surface area contributed by atoms with Gasteiger partial charge in [-0.15, -0.1) is 5.10 Å². The second kappa shape index (κ2) is 7.19. The molecule has 28 heavy (non-hydrogen) atoms. The molecule has 2 heterocycles. The van der Waals surface area contributed by atoms with Crippen molar-refractivity contribution < 1.29 is 14.3 Å². The summed E-state index contributed by atoms with van der Waals surface area (Å²) in [5.74, 6) is 1.36. The molecule has 4 rings (SSSR count). The zero-order valence-electron chi connectivity index (χ0n) is 15.8. The number of fused-ring (bicyclic) bond motifs is 1. The number of benzene rings is 2. The molecule has 7 heteroatoms. The van der Waals surface area contributed by atoms with Gasteiger partial charge in [0, 0.05) is 16.8 Å². The number of methoxy groups -OCH3 is 2. The standard InChI is InChI=1S/C21H20N4O3/c1-13-17(20(26)28-3)18(15-11-7-8-12-16(15)27-2)25-21(22-13)23-19(24-25)14-9-5-4-6-10-14/h4-12,18H,1-3H3,(H,22,23,24). The highest BCUT2D eigenvalue weighted by Gasteiger charge is 2.36. The SMILES string of the molecule is COC(=O)C1=C(C)Nc2nc(-c3ccccc3)nn2C1c1ccccc1OC. The van der Waals surface area contributed by atoms with Gasteiger partial charge in [0.15, 0.2) is 5.82 Å². The van der Waals surface area contributed by atoms with Crippen LogP contribution in [0.25, 0.3) is 11.4 Å². The first-order chi connectivity index (χ1) is 13.6. The second-order valence-corrected chi connectivity index (χ2v) is 6.37. The molecular weight excluding hydrogens is 356 g/mol. The van der Waals surface area contributed by atoms with Crippen molar-refractivity contribution in [1.29, 1.82) is 0 Å². The van der Waals surface area contributed by atoms with Gasteiger partial charge in [-0.05, 0) is 13.0 Å². The Morgan fingerprint density at radius 3 is 2.50 bits per heavy atom. The van der Waals surface area contributed by atoms with Gasteiger partial charge in [0.2, 0.25) is 5.95 Å². The average Bonchev–Trinajstić information content (AvgIpc) is 3.16. The number of allylic oxidation sites excluding steroid dienone is 1. The molecule has 0 saturated heterocycles. The summed E-state index contributed by atoms with van der Waals surface area (Å²) in [6.07, 6.45) is 0. The largest absolute Gasteiger partial charge is 0.496 e. The second-order valence-electron chi connectivity index (χ2n) is 6.37. The van der Waals surface area contributed by atoms with Crippen LogP contribution >= 0.6 is 0 Å². The predicted octanol–water partition coefficient (Wildman–Crippen LogP) is 3.42. The highest BCUT2D eigenvalue weighted by atomic mass is 16.5. The maximum atomic E-state index is 12.6. The number of para-hydroxylation sites is 1.